The monoisotopic (exact) mass is 285 g/mol. The molecule has 0 aliphatic heterocycles. The second kappa shape index (κ2) is 8.04. The first-order valence-electron chi connectivity index (χ1n) is 6.22. The molecule has 0 aromatic heterocycles. The summed E-state index contributed by atoms with van der Waals surface area (Å²) in [7, 11) is 0. The first-order valence-corrected chi connectivity index (χ1v) is 7.61. The van der Waals surface area contributed by atoms with Gasteiger partial charge >= 0.3 is 0 Å². The van der Waals surface area contributed by atoms with Gasteiger partial charge in [-0.2, -0.15) is 11.8 Å². The molecule has 106 valence electrons. The van der Waals surface area contributed by atoms with Gasteiger partial charge in [0.1, 0.15) is 6.10 Å². The van der Waals surface area contributed by atoms with Crippen molar-refractivity contribution in [1.29, 1.82) is 0 Å². The van der Waals surface area contributed by atoms with Crippen LogP contribution in [-0.4, -0.2) is 30.6 Å². The number of amides is 1. The molecule has 2 unspecified atom stereocenters. The van der Waals surface area contributed by atoms with Crippen LogP contribution >= 0.6 is 11.8 Å². The van der Waals surface area contributed by atoms with E-state index in [4.69, 9.17) is 4.74 Å². The lowest BCUT2D eigenvalue weighted by Gasteiger charge is -2.17. The van der Waals surface area contributed by atoms with Crippen molar-refractivity contribution >= 4 is 17.7 Å². The Morgan fingerprint density at radius 3 is 2.74 bits per heavy atom. The Kier molecular flexibility index (Phi) is 6.70. The molecular formula is C14H20FNO2S. The van der Waals surface area contributed by atoms with Gasteiger partial charge in [0.2, 0.25) is 5.91 Å². The number of nitrogens with one attached hydrogen (secondary N) is 1. The summed E-state index contributed by atoms with van der Waals surface area (Å²) >= 11 is 1.64. The Bertz CT molecular complexity index is 414. The number of thioether (sulfide) groups is 1. The van der Waals surface area contributed by atoms with E-state index < -0.39 is 5.82 Å². The van der Waals surface area contributed by atoms with E-state index in [0.717, 1.165) is 5.75 Å². The number of halogens is 1. The fourth-order valence-electron chi connectivity index (χ4n) is 1.54. The zero-order valence-electron chi connectivity index (χ0n) is 11.5. The van der Waals surface area contributed by atoms with Gasteiger partial charge in [-0.15, -0.1) is 0 Å². The molecule has 1 aromatic rings. The van der Waals surface area contributed by atoms with Crippen LogP contribution in [0.4, 0.5) is 4.39 Å². The van der Waals surface area contributed by atoms with Crippen LogP contribution in [0.2, 0.25) is 0 Å². The largest absolute Gasteiger partial charge is 0.486 e. The van der Waals surface area contributed by atoms with Crippen LogP contribution in [0.3, 0.4) is 0 Å². The molecule has 1 rings (SSSR count). The van der Waals surface area contributed by atoms with Crippen molar-refractivity contribution in [1.82, 2.24) is 5.32 Å². The number of carbonyl (C=O) groups is 1. The number of para-hydroxylation sites is 1. The van der Waals surface area contributed by atoms with E-state index in [0.29, 0.717) is 6.54 Å². The first kappa shape index (κ1) is 15.8. The molecular weight excluding hydrogens is 265 g/mol. The van der Waals surface area contributed by atoms with E-state index in [1.165, 1.54) is 6.07 Å². The van der Waals surface area contributed by atoms with Gasteiger partial charge in [-0.25, -0.2) is 4.39 Å². The molecule has 19 heavy (non-hydrogen) atoms. The summed E-state index contributed by atoms with van der Waals surface area (Å²) in [5, 5.41) is 2.81. The van der Waals surface area contributed by atoms with Crippen LogP contribution in [0.15, 0.2) is 24.3 Å². The molecule has 0 bridgehead atoms. The molecule has 0 saturated carbocycles. The smallest absolute Gasteiger partial charge is 0.223 e. The minimum Gasteiger partial charge on any atom is -0.486 e. The number of benzene rings is 1. The quantitative estimate of drug-likeness (QED) is 0.837. The van der Waals surface area contributed by atoms with Gasteiger partial charge in [0.15, 0.2) is 11.6 Å². The molecule has 0 heterocycles. The van der Waals surface area contributed by atoms with Crippen molar-refractivity contribution < 1.29 is 13.9 Å². The highest BCUT2D eigenvalue weighted by Crippen LogP contribution is 2.16. The number of ether oxygens (including phenoxy) is 1. The third kappa shape index (κ3) is 5.51. The average Bonchev–Trinajstić information content (AvgIpc) is 2.39. The Morgan fingerprint density at radius 2 is 2.11 bits per heavy atom. The zero-order chi connectivity index (χ0) is 14.3. The van der Waals surface area contributed by atoms with Crippen LogP contribution in [0.25, 0.3) is 0 Å². The molecule has 0 spiro atoms. The fourth-order valence-corrected chi connectivity index (χ4v) is 2.19. The van der Waals surface area contributed by atoms with E-state index in [2.05, 4.69) is 5.32 Å². The van der Waals surface area contributed by atoms with E-state index in [1.54, 1.807) is 36.9 Å². The molecule has 1 amide bonds. The van der Waals surface area contributed by atoms with E-state index in [9.17, 15) is 9.18 Å². The van der Waals surface area contributed by atoms with Gasteiger partial charge in [0, 0.05) is 11.7 Å². The van der Waals surface area contributed by atoms with Gasteiger partial charge < -0.3 is 10.1 Å². The fraction of sp³-hybridized carbons (Fsp3) is 0.500. The maximum Gasteiger partial charge on any atom is 0.223 e. The molecule has 0 saturated heterocycles. The maximum absolute atomic E-state index is 13.4. The van der Waals surface area contributed by atoms with Gasteiger partial charge in [-0.3, -0.25) is 4.79 Å². The predicted molar refractivity (Wildman–Crippen MR) is 77.0 cm³/mol. The third-order valence-electron chi connectivity index (χ3n) is 2.59. The lowest BCUT2D eigenvalue weighted by molar-refractivity contribution is -0.124. The van der Waals surface area contributed by atoms with Gasteiger partial charge in [0.05, 0.1) is 6.54 Å². The Hall–Kier alpha value is -1.23. The van der Waals surface area contributed by atoms with Crippen LogP contribution in [0.5, 0.6) is 5.75 Å². The topological polar surface area (TPSA) is 38.3 Å². The summed E-state index contributed by atoms with van der Waals surface area (Å²) in [6.45, 7) is 4.05. The second-order valence-corrected chi connectivity index (χ2v) is 5.37. The van der Waals surface area contributed by atoms with Crippen molar-refractivity contribution in [3.8, 4) is 5.75 Å². The zero-order valence-corrected chi connectivity index (χ0v) is 12.3. The van der Waals surface area contributed by atoms with Crippen molar-refractivity contribution in [2.45, 2.75) is 20.0 Å². The minimum atomic E-state index is -0.392. The molecule has 3 nitrogen and oxygen atoms in total. The SMILES string of the molecule is CSCC(C)C(=O)NCC(C)Oc1ccccc1F. The normalized spacial score (nSPS) is 13.7. The first-order chi connectivity index (χ1) is 9.04. The molecule has 1 aromatic carbocycles. The van der Waals surface area contributed by atoms with Crippen LogP contribution in [0.1, 0.15) is 13.8 Å². The summed E-state index contributed by atoms with van der Waals surface area (Å²) < 4.78 is 18.8. The molecule has 0 aliphatic carbocycles. The molecule has 0 fully saturated rings. The number of rotatable bonds is 7. The standard InChI is InChI=1S/C14H20FNO2S/c1-10(9-19-3)14(17)16-8-11(2)18-13-7-5-4-6-12(13)15/h4-7,10-11H,8-9H2,1-3H3,(H,16,17). The lowest BCUT2D eigenvalue weighted by Crippen LogP contribution is -2.37. The Morgan fingerprint density at radius 1 is 1.42 bits per heavy atom. The molecule has 5 heteroatoms. The summed E-state index contributed by atoms with van der Waals surface area (Å²) in [5.74, 6) is 0.570. The Balaban J connectivity index is 2.38. The van der Waals surface area contributed by atoms with Crippen molar-refractivity contribution in [2.24, 2.45) is 5.92 Å². The van der Waals surface area contributed by atoms with Crippen LogP contribution in [-0.2, 0) is 4.79 Å². The van der Waals surface area contributed by atoms with Crippen molar-refractivity contribution in [3.05, 3.63) is 30.1 Å². The second-order valence-electron chi connectivity index (χ2n) is 4.46. The van der Waals surface area contributed by atoms with Gasteiger partial charge in [-0.1, -0.05) is 19.1 Å². The van der Waals surface area contributed by atoms with Gasteiger partial charge in [-0.05, 0) is 25.3 Å². The number of carbonyl (C=O) groups excluding carboxylic acids is 1. The summed E-state index contributed by atoms with van der Waals surface area (Å²) in [5.41, 5.74) is 0. The number of hydrogen-bond acceptors (Lipinski definition) is 3. The van der Waals surface area contributed by atoms with Crippen LogP contribution in [0, 0.1) is 11.7 Å². The van der Waals surface area contributed by atoms with Crippen molar-refractivity contribution in [2.75, 3.05) is 18.6 Å². The molecule has 0 radical (unpaired) electrons. The predicted octanol–water partition coefficient (Wildman–Crippen LogP) is 2.71. The maximum atomic E-state index is 13.4. The highest BCUT2D eigenvalue weighted by molar-refractivity contribution is 7.98. The van der Waals surface area contributed by atoms with E-state index in [1.807, 2.05) is 13.2 Å². The van der Waals surface area contributed by atoms with Crippen molar-refractivity contribution in [3.63, 3.8) is 0 Å². The summed E-state index contributed by atoms with van der Waals surface area (Å²) in [6.07, 6.45) is 1.69. The van der Waals surface area contributed by atoms with E-state index >= 15 is 0 Å². The molecule has 1 N–H and O–H groups in total. The highest BCUT2D eigenvalue weighted by atomic mass is 32.2. The minimum absolute atomic E-state index is 0.00154. The summed E-state index contributed by atoms with van der Waals surface area (Å²) in [6, 6.07) is 6.24. The van der Waals surface area contributed by atoms with Crippen LogP contribution < -0.4 is 10.1 Å². The molecule has 2 atom stereocenters. The Labute approximate surface area is 117 Å². The molecule has 0 aliphatic rings. The third-order valence-corrected chi connectivity index (χ3v) is 3.43. The average molecular weight is 285 g/mol. The number of hydrogen-bond donors (Lipinski definition) is 1. The highest BCUT2D eigenvalue weighted by Gasteiger charge is 2.14. The summed E-state index contributed by atoms with van der Waals surface area (Å²) in [4.78, 5) is 11.7. The van der Waals surface area contributed by atoms with E-state index in [-0.39, 0.29) is 23.7 Å². The lowest BCUT2D eigenvalue weighted by atomic mass is 10.2. The van der Waals surface area contributed by atoms with Gasteiger partial charge in [0.25, 0.3) is 0 Å².